The molecule has 1 heterocycles. The molecule has 4 nitrogen and oxygen atoms in total. The molecule has 0 aliphatic carbocycles. The molecule has 1 atom stereocenters. The summed E-state index contributed by atoms with van der Waals surface area (Å²) in [6.07, 6.45) is 0.917. The van der Waals surface area contributed by atoms with Crippen molar-refractivity contribution in [2.75, 3.05) is 0 Å². The van der Waals surface area contributed by atoms with Crippen molar-refractivity contribution in [2.45, 2.75) is 20.1 Å². The average molecular weight is 144 g/mol. The fourth-order valence-electron chi connectivity index (χ4n) is 0.560. The lowest BCUT2D eigenvalue weighted by Crippen LogP contribution is -2.04. The smallest absolute Gasteiger partial charge is 0.326 e. The molecule has 0 fully saturated rings. The first kappa shape index (κ1) is 6.92. The Morgan fingerprint density at radius 3 is 2.90 bits per heavy atom. The largest absolute Gasteiger partial charge is 0.455 e. The molecule has 1 unspecified atom stereocenters. The first-order valence-electron chi connectivity index (χ1n) is 2.89. The van der Waals surface area contributed by atoms with Crippen molar-refractivity contribution in [3.05, 3.63) is 12.2 Å². The molecule has 4 heteroatoms. The summed E-state index contributed by atoms with van der Waals surface area (Å²) in [4.78, 5) is 10.3. The van der Waals surface area contributed by atoms with Crippen molar-refractivity contribution >= 4 is 5.97 Å². The fraction of sp³-hybridized carbons (Fsp3) is 0.500. The van der Waals surface area contributed by atoms with E-state index in [-0.39, 0.29) is 12.2 Å². The predicted octanol–water partition coefficient (Wildman–Crippen LogP) is 0.741. The van der Waals surface area contributed by atoms with Gasteiger partial charge >= 0.3 is 11.9 Å². The Morgan fingerprint density at radius 2 is 2.50 bits per heavy atom. The molecule has 1 aliphatic rings. The van der Waals surface area contributed by atoms with Gasteiger partial charge in [-0.05, 0) is 0 Å². The second-order valence-corrected chi connectivity index (χ2v) is 1.85. The number of ether oxygens (including phenoxy) is 3. The van der Waals surface area contributed by atoms with Crippen LogP contribution in [0.25, 0.3) is 0 Å². The summed E-state index contributed by atoms with van der Waals surface area (Å²) in [5.74, 6) is -0.288. The third-order valence-corrected chi connectivity index (χ3v) is 0.882. The zero-order valence-corrected chi connectivity index (χ0v) is 5.79. The zero-order chi connectivity index (χ0) is 7.56. The van der Waals surface area contributed by atoms with Crippen LogP contribution in [0.1, 0.15) is 13.8 Å². The van der Waals surface area contributed by atoms with E-state index in [1.165, 1.54) is 13.2 Å². The number of carbonyl (C=O) groups is 1. The minimum absolute atomic E-state index is 0.125. The molecule has 0 N–H and O–H groups in total. The summed E-state index contributed by atoms with van der Waals surface area (Å²) >= 11 is 0. The maximum absolute atomic E-state index is 10.3. The Hall–Kier alpha value is -1.19. The molecule has 10 heavy (non-hydrogen) atoms. The monoisotopic (exact) mass is 144 g/mol. The Morgan fingerprint density at radius 1 is 1.80 bits per heavy atom. The molecule has 0 aromatic carbocycles. The van der Waals surface area contributed by atoms with E-state index in [1.54, 1.807) is 6.92 Å². The second-order valence-electron chi connectivity index (χ2n) is 1.85. The van der Waals surface area contributed by atoms with Crippen molar-refractivity contribution in [3.63, 3.8) is 0 Å². The Balaban J connectivity index is 2.37. The highest BCUT2D eigenvalue weighted by atomic mass is 16.8. The van der Waals surface area contributed by atoms with Crippen LogP contribution in [0.3, 0.4) is 0 Å². The molecule has 0 aromatic rings. The van der Waals surface area contributed by atoms with E-state index in [2.05, 4.69) is 4.74 Å². The summed E-state index contributed by atoms with van der Waals surface area (Å²) < 4.78 is 14.2. The summed E-state index contributed by atoms with van der Waals surface area (Å²) in [5.41, 5.74) is 0. The van der Waals surface area contributed by atoms with Gasteiger partial charge in [-0.1, -0.05) is 0 Å². The van der Waals surface area contributed by atoms with Gasteiger partial charge in [-0.15, -0.1) is 0 Å². The molecule has 0 amide bonds. The minimum Gasteiger partial charge on any atom is -0.455 e. The van der Waals surface area contributed by atoms with Gasteiger partial charge in [-0.3, -0.25) is 4.79 Å². The van der Waals surface area contributed by atoms with Gasteiger partial charge < -0.3 is 14.2 Å². The molecule has 0 spiro atoms. The first-order valence-corrected chi connectivity index (χ1v) is 2.89. The summed E-state index contributed by atoms with van der Waals surface area (Å²) in [6, 6.07) is 0. The number of hydrogen-bond acceptors (Lipinski definition) is 4. The Labute approximate surface area is 58.4 Å². The van der Waals surface area contributed by atoms with Gasteiger partial charge in [0.05, 0.1) is 0 Å². The topological polar surface area (TPSA) is 44.8 Å². The summed E-state index contributed by atoms with van der Waals surface area (Å²) in [6.45, 7) is 3.00. The second kappa shape index (κ2) is 2.60. The molecule has 0 saturated carbocycles. The van der Waals surface area contributed by atoms with Gasteiger partial charge in [0.25, 0.3) is 0 Å². The highest BCUT2D eigenvalue weighted by Crippen LogP contribution is 2.13. The zero-order valence-electron chi connectivity index (χ0n) is 5.79. The van der Waals surface area contributed by atoms with Crippen LogP contribution in [-0.2, 0) is 19.0 Å². The van der Waals surface area contributed by atoms with E-state index in [1.807, 2.05) is 0 Å². The molecular weight excluding hydrogens is 136 g/mol. The van der Waals surface area contributed by atoms with Gasteiger partial charge in [0.1, 0.15) is 0 Å². The van der Waals surface area contributed by atoms with Crippen LogP contribution in [0.5, 0.6) is 0 Å². The van der Waals surface area contributed by atoms with Crippen LogP contribution in [0.15, 0.2) is 12.2 Å². The standard InChI is InChI=1S/C6H8O4/c1-4(7)9-6-3-8-5(2)10-6/h3,5H,1-2H3. The van der Waals surface area contributed by atoms with E-state index in [0.29, 0.717) is 0 Å². The highest BCUT2D eigenvalue weighted by molar-refractivity contribution is 5.66. The van der Waals surface area contributed by atoms with E-state index < -0.39 is 5.97 Å². The quantitative estimate of drug-likeness (QED) is 0.509. The van der Waals surface area contributed by atoms with Gasteiger partial charge in [-0.25, -0.2) is 0 Å². The molecule has 0 aromatic heterocycles. The van der Waals surface area contributed by atoms with Crippen LogP contribution in [-0.4, -0.2) is 12.3 Å². The van der Waals surface area contributed by atoms with E-state index in [4.69, 9.17) is 9.47 Å². The maximum atomic E-state index is 10.3. The average Bonchev–Trinajstić information content (AvgIpc) is 2.13. The molecule has 1 aliphatic heterocycles. The molecular formula is C6H8O4. The fourth-order valence-corrected chi connectivity index (χ4v) is 0.560. The van der Waals surface area contributed by atoms with Gasteiger partial charge in [0.2, 0.25) is 6.29 Å². The lowest BCUT2D eigenvalue weighted by molar-refractivity contribution is -0.144. The summed E-state index contributed by atoms with van der Waals surface area (Å²) in [7, 11) is 0. The number of hydrogen-bond donors (Lipinski definition) is 0. The third kappa shape index (κ3) is 1.65. The van der Waals surface area contributed by atoms with E-state index in [9.17, 15) is 4.79 Å². The van der Waals surface area contributed by atoms with Crippen molar-refractivity contribution in [1.29, 1.82) is 0 Å². The maximum Gasteiger partial charge on any atom is 0.326 e. The lowest BCUT2D eigenvalue weighted by Gasteiger charge is -2.03. The van der Waals surface area contributed by atoms with Crippen LogP contribution < -0.4 is 0 Å². The molecule has 0 radical (unpaired) electrons. The lowest BCUT2D eigenvalue weighted by atomic mass is 10.8. The number of carbonyl (C=O) groups excluding carboxylic acids is 1. The first-order chi connectivity index (χ1) is 4.68. The molecule has 0 saturated heterocycles. The Kier molecular flexibility index (Phi) is 1.80. The van der Waals surface area contributed by atoms with Crippen LogP contribution in [0, 0.1) is 0 Å². The molecule has 0 bridgehead atoms. The SMILES string of the molecule is CC(=O)OC1=COC(C)O1. The Bertz CT molecular complexity index is 173. The van der Waals surface area contributed by atoms with Crippen molar-refractivity contribution < 1.29 is 19.0 Å². The number of rotatable bonds is 1. The third-order valence-electron chi connectivity index (χ3n) is 0.882. The van der Waals surface area contributed by atoms with Crippen LogP contribution in [0.2, 0.25) is 0 Å². The molecule has 56 valence electrons. The van der Waals surface area contributed by atoms with E-state index in [0.717, 1.165) is 0 Å². The highest BCUT2D eigenvalue weighted by Gasteiger charge is 2.16. The van der Waals surface area contributed by atoms with Gasteiger partial charge in [-0.2, -0.15) is 0 Å². The predicted molar refractivity (Wildman–Crippen MR) is 31.5 cm³/mol. The van der Waals surface area contributed by atoms with Crippen LogP contribution in [0.4, 0.5) is 0 Å². The van der Waals surface area contributed by atoms with Crippen LogP contribution >= 0.6 is 0 Å². The normalized spacial score (nSPS) is 22.6. The minimum atomic E-state index is -0.413. The van der Waals surface area contributed by atoms with Gasteiger partial charge in [0.15, 0.2) is 6.26 Å². The van der Waals surface area contributed by atoms with Gasteiger partial charge in [0, 0.05) is 13.8 Å². The van der Waals surface area contributed by atoms with Crippen molar-refractivity contribution in [1.82, 2.24) is 0 Å². The van der Waals surface area contributed by atoms with E-state index >= 15 is 0 Å². The number of esters is 1. The van der Waals surface area contributed by atoms with Crippen molar-refractivity contribution in [3.8, 4) is 0 Å². The van der Waals surface area contributed by atoms with Crippen molar-refractivity contribution in [2.24, 2.45) is 0 Å². The molecule has 1 rings (SSSR count). The summed E-state index contributed by atoms with van der Waals surface area (Å²) in [5, 5.41) is 0.